The second-order valence-electron chi connectivity index (χ2n) is 6.77. The standard InChI is InChI=1S/C24H24N2O4/c1-26(2)24(28)19-9-6-10-20(16-19)25-23(27)18-8-7-13-22(17-18)30-15-14-29-21-11-4-3-5-12-21/h3-13,16-17H,14-15H2,1-2H3,(H,25,27). The molecule has 154 valence electrons. The fraction of sp³-hybridized carbons (Fsp3) is 0.167. The van der Waals surface area contributed by atoms with Crippen molar-refractivity contribution >= 4 is 17.5 Å². The molecule has 0 radical (unpaired) electrons. The number of anilines is 1. The molecule has 0 aliphatic carbocycles. The van der Waals surface area contributed by atoms with Crippen LogP contribution in [0.2, 0.25) is 0 Å². The Kier molecular flexibility index (Phi) is 7.05. The lowest BCUT2D eigenvalue weighted by Crippen LogP contribution is -2.22. The topological polar surface area (TPSA) is 67.9 Å². The molecule has 1 N–H and O–H groups in total. The second kappa shape index (κ2) is 10.1. The molecule has 0 heterocycles. The van der Waals surface area contributed by atoms with Gasteiger partial charge in [0.1, 0.15) is 24.7 Å². The maximum absolute atomic E-state index is 12.6. The Morgan fingerprint density at radius 3 is 2.13 bits per heavy atom. The van der Waals surface area contributed by atoms with Gasteiger partial charge < -0.3 is 19.7 Å². The molecule has 0 aliphatic heterocycles. The summed E-state index contributed by atoms with van der Waals surface area (Å²) in [6.07, 6.45) is 0. The second-order valence-corrected chi connectivity index (χ2v) is 6.77. The van der Waals surface area contributed by atoms with Gasteiger partial charge in [-0.3, -0.25) is 9.59 Å². The van der Waals surface area contributed by atoms with Gasteiger partial charge in [0.2, 0.25) is 0 Å². The van der Waals surface area contributed by atoms with Crippen LogP contribution >= 0.6 is 0 Å². The van der Waals surface area contributed by atoms with Gasteiger partial charge in [0.05, 0.1) is 0 Å². The molecule has 0 aromatic heterocycles. The number of nitrogens with zero attached hydrogens (tertiary/aromatic N) is 1. The smallest absolute Gasteiger partial charge is 0.255 e. The third kappa shape index (κ3) is 5.85. The largest absolute Gasteiger partial charge is 0.490 e. The van der Waals surface area contributed by atoms with Crippen LogP contribution in [0.5, 0.6) is 11.5 Å². The molecule has 0 saturated carbocycles. The summed E-state index contributed by atoms with van der Waals surface area (Å²) in [6.45, 7) is 0.752. The molecule has 0 atom stereocenters. The van der Waals surface area contributed by atoms with Gasteiger partial charge in [0.15, 0.2) is 0 Å². The molecule has 3 rings (SSSR count). The van der Waals surface area contributed by atoms with E-state index in [0.717, 1.165) is 5.75 Å². The third-order valence-corrected chi connectivity index (χ3v) is 4.23. The van der Waals surface area contributed by atoms with Gasteiger partial charge in [-0.25, -0.2) is 0 Å². The molecule has 0 unspecified atom stereocenters. The van der Waals surface area contributed by atoms with Crippen LogP contribution in [0, 0.1) is 0 Å². The minimum atomic E-state index is -0.282. The van der Waals surface area contributed by atoms with Crippen molar-refractivity contribution in [2.75, 3.05) is 32.6 Å². The third-order valence-electron chi connectivity index (χ3n) is 4.23. The van der Waals surface area contributed by atoms with Crippen molar-refractivity contribution in [3.05, 3.63) is 90.0 Å². The first-order valence-electron chi connectivity index (χ1n) is 9.57. The van der Waals surface area contributed by atoms with Crippen LogP contribution in [0.25, 0.3) is 0 Å². The summed E-state index contributed by atoms with van der Waals surface area (Å²) in [4.78, 5) is 26.2. The van der Waals surface area contributed by atoms with Gasteiger partial charge >= 0.3 is 0 Å². The van der Waals surface area contributed by atoms with Crippen molar-refractivity contribution in [2.24, 2.45) is 0 Å². The summed E-state index contributed by atoms with van der Waals surface area (Å²) >= 11 is 0. The van der Waals surface area contributed by atoms with Crippen LogP contribution in [0.4, 0.5) is 5.69 Å². The molecule has 6 heteroatoms. The van der Waals surface area contributed by atoms with Gasteiger partial charge in [-0.05, 0) is 48.5 Å². The Morgan fingerprint density at radius 1 is 0.767 bits per heavy atom. The van der Waals surface area contributed by atoms with Crippen molar-refractivity contribution in [1.29, 1.82) is 0 Å². The van der Waals surface area contributed by atoms with E-state index in [2.05, 4.69) is 5.32 Å². The predicted octanol–water partition coefficient (Wildman–Crippen LogP) is 4.10. The van der Waals surface area contributed by atoms with E-state index in [-0.39, 0.29) is 11.8 Å². The summed E-state index contributed by atoms with van der Waals surface area (Å²) < 4.78 is 11.3. The minimum absolute atomic E-state index is 0.126. The van der Waals surface area contributed by atoms with Gasteiger partial charge in [-0.2, -0.15) is 0 Å². The number of rotatable bonds is 8. The molecule has 0 bridgehead atoms. The normalized spacial score (nSPS) is 10.2. The fourth-order valence-electron chi connectivity index (χ4n) is 2.75. The number of carbonyl (C=O) groups excluding carboxylic acids is 2. The van der Waals surface area contributed by atoms with Gasteiger partial charge in [0.25, 0.3) is 11.8 Å². The number of benzene rings is 3. The van der Waals surface area contributed by atoms with Crippen LogP contribution in [-0.2, 0) is 0 Å². The van der Waals surface area contributed by atoms with Crippen molar-refractivity contribution < 1.29 is 19.1 Å². The maximum Gasteiger partial charge on any atom is 0.255 e. The Morgan fingerprint density at radius 2 is 1.40 bits per heavy atom. The lowest BCUT2D eigenvalue weighted by Gasteiger charge is -2.12. The van der Waals surface area contributed by atoms with E-state index in [9.17, 15) is 9.59 Å². The van der Waals surface area contributed by atoms with Crippen LogP contribution < -0.4 is 14.8 Å². The molecule has 3 aromatic carbocycles. The number of hydrogen-bond donors (Lipinski definition) is 1. The number of carbonyl (C=O) groups is 2. The lowest BCUT2D eigenvalue weighted by molar-refractivity contribution is 0.0827. The average molecular weight is 404 g/mol. The summed E-state index contributed by atoms with van der Waals surface area (Å²) in [7, 11) is 3.37. The van der Waals surface area contributed by atoms with E-state index in [1.165, 1.54) is 4.90 Å². The molecule has 0 saturated heterocycles. The van der Waals surface area contributed by atoms with Crippen LogP contribution in [0.1, 0.15) is 20.7 Å². The molecule has 0 aliphatic rings. The highest BCUT2D eigenvalue weighted by Crippen LogP contribution is 2.17. The Labute approximate surface area is 176 Å². The Hall–Kier alpha value is -3.80. The van der Waals surface area contributed by atoms with E-state index in [0.29, 0.717) is 35.8 Å². The summed E-state index contributed by atoms with van der Waals surface area (Å²) in [5.74, 6) is 0.953. The summed E-state index contributed by atoms with van der Waals surface area (Å²) in [5.41, 5.74) is 1.52. The minimum Gasteiger partial charge on any atom is -0.490 e. The maximum atomic E-state index is 12.6. The van der Waals surface area contributed by atoms with Crippen molar-refractivity contribution in [1.82, 2.24) is 4.90 Å². The molecule has 30 heavy (non-hydrogen) atoms. The molecule has 0 spiro atoms. The summed E-state index contributed by atoms with van der Waals surface area (Å²) in [6, 6.07) is 23.3. The quantitative estimate of drug-likeness (QED) is 0.574. The monoisotopic (exact) mass is 404 g/mol. The van der Waals surface area contributed by atoms with E-state index in [1.807, 2.05) is 30.3 Å². The summed E-state index contributed by atoms with van der Waals surface area (Å²) in [5, 5.41) is 2.82. The molecule has 2 amide bonds. The molecule has 6 nitrogen and oxygen atoms in total. The molecular weight excluding hydrogens is 380 g/mol. The van der Waals surface area contributed by atoms with Crippen LogP contribution in [-0.4, -0.2) is 44.0 Å². The highest BCUT2D eigenvalue weighted by Gasteiger charge is 2.11. The number of amides is 2. The average Bonchev–Trinajstić information content (AvgIpc) is 2.77. The van der Waals surface area contributed by atoms with E-state index in [1.54, 1.807) is 62.6 Å². The highest BCUT2D eigenvalue weighted by molar-refractivity contribution is 6.05. The van der Waals surface area contributed by atoms with Crippen LogP contribution in [0.3, 0.4) is 0 Å². The number of nitrogens with one attached hydrogen (secondary N) is 1. The lowest BCUT2D eigenvalue weighted by atomic mass is 10.1. The van der Waals surface area contributed by atoms with E-state index < -0.39 is 0 Å². The van der Waals surface area contributed by atoms with Crippen molar-refractivity contribution in [3.63, 3.8) is 0 Å². The molecule has 3 aromatic rings. The Balaban J connectivity index is 1.56. The highest BCUT2D eigenvalue weighted by atomic mass is 16.5. The van der Waals surface area contributed by atoms with Crippen LogP contribution in [0.15, 0.2) is 78.9 Å². The first kappa shape index (κ1) is 20.9. The zero-order valence-electron chi connectivity index (χ0n) is 17.0. The van der Waals surface area contributed by atoms with Gasteiger partial charge in [0, 0.05) is 30.9 Å². The first-order chi connectivity index (χ1) is 14.5. The molecule has 0 fully saturated rings. The Bertz CT molecular complexity index is 1000. The first-order valence-corrected chi connectivity index (χ1v) is 9.57. The molecular formula is C24H24N2O4. The number of para-hydroxylation sites is 1. The fourth-order valence-corrected chi connectivity index (χ4v) is 2.75. The zero-order valence-corrected chi connectivity index (χ0v) is 17.0. The van der Waals surface area contributed by atoms with E-state index in [4.69, 9.17) is 9.47 Å². The predicted molar refractivity (Wildman–Crippen MR) is 116 cm³/mol. The number of ether oxygens (including phenoxy) is 2. The van der Waals surface area contributed by atoms with Gasteiger partial charge in [-0.1, -0.05) is 30.3 Å². The van der Waals surface area contributed by atoms with Gasteiger partial charge in [-0.15, -0.1) is 0 Å². The van der Waals surface area contributed by atoms with Crippen molar-refractivity contribution in [2.45, 2.75) is 0 Å². The number of hydrogen-bond acceptors (Lipinski definition) is 4. The zero-order chi connectivity index (χ0) is 21.3. The van der Waals surface area contributed by atoms with Crippen molar-refractivity contribution in [3.8, 4) is 11.5 Å². The SMILES string of the molecule is CN(C)C(=O)c1cccc(NC(=O)c2cccc(OCCOc3ccccc3)c2)c1. The van der Waals surface area contributed by atoms with E-state index >= 15 is 0 Å².